The maximum atomic E-state index is 6.33. The van der Waals surface area contributed by atoms with Gasteiger partial charge in [-0.05, 0) is 51.2 Å². The molecule has 2 nitrogen and oxygen atoms in total. The lowest BCUT2D eigenvalue weighted by atomic mass is 10.0. The number of hydrogen-bond donors (Lipinski definition) is 1. The van der Waals surface area contributed by atoms with E-state index < -0.39 is 0 Å². The molecule has 0 aliphatic carbocycles. The molecule has 0 spiro atoms. The third-order valence-electron chi connectivity index (χ3n) is 3.34. The van der Waals surface area contributed by atoms with Crippen LogP contribution in [0, 0.1) is 0 Å². The molecular weight excluding hydrogens is 279 g/mol. The third kappa shape index (κ3) is 5.31. The molecule has 0 heterocycles. The Hall–Kier alpha value is -0.280. The van der Waals surface area contributed by atoms with Crippen LogP contribution in [-0.4, -0.2) is 31.6 Å². The van der Waals surface area contributed by atoms with Gasteiger partial charge in [-0.25, -0.2) is 0 Å². The lowest BCUT2D eigenvalue weighted by molar-refractivity contribution is 0.321. The lowest BCUT2D eigenvalue weighted by Gasteiger charge is -2.23. The Bertz CT molecular complexity index is 382. The predicted octanol–water partition coefficient (Wildman–Crippen LogP) is 4.38. The van der Waals surface area contributed by atoms with E-state index in [2.05, 4.69) is 37.2 Å². The summed E-state index contributed by atoms with van der Waals surface area (Å²) in [5, 5.41) is 4.87. The topological polar surface area (TPSA) is 15.3 Å². The van der Waals surface area contributed by atoms with Gasteiger partial charge in [0.05, 0.1) is 10.0 Å². The summed E-state index contributed by atoms with van der Waals surface area (Å²) in [7, 11) is 2.14. The zero-order chi connectivity index (χ0) is 14.3. The smallest absolute Gasteiger partial charge is 0.0640 e. The van der Waals surface area contributed by atoms with Gasteiger partial charge >= 0.3 is 0 Å². The van der Waals surface area contributed by atoms with Crippen LogP contribution in [0.25, 0.3) is 0 Å². The van der Waals surface area contributed by atoms with Gasteiger partial charge in [-0.15, -0.1) is 0 Å². The zero-order valence-electron chi connectivity index (χ0n) is 12.0. The van der Waals surface area contributed by atoms with Gasteiger partial charge < -0.3 is 10.2 Å². The molecule has 1 aromatic rings. The van der Waals surface area contributed by atoms with E-state index in [9.17, 15) is 0 Å². The van der Waals surface area contributed by atoms with Crippen LogP contribution in [0.2, 0.25) is 10.0 Å². The van der Waals surface area contributed by atoms with Crippen LogP contribution in [0.4, 0.5) is 0 Å². The summed E-state index contributed by atoms with van der Waals surface area (Å²) in [6.07, 6.45) is 2.14. The zero-order valence-corrected chi connectivity index (χ0v) is 13.6. The third-order valence-corrected chi connectivity index (χ3v) is 4.17. The van der Waals surface area contributed by atoms with Gasteiger partial charge in [0.2, 0.25) is 0 Å². The van der Waals surface area contributed by atoms with E-state index in [1.165, 1.54) is 0 Å². The molecule has 0 fully saturated rings. The number of halogens is 2. The Morgan fingerprint density at radius 2 is 2.00 bits per heavy atom. The van der Waals surface area contributed by atoms with Crippen molar-refractivity contribution in [2.45, 2.75) is 32.7 Å². The van der Waals surface area contributed by atoms with Crippen LogP contribution in [0.5, 0.6) is 0 Å². The minimum atomic E-state index is 0.264. The predicted molar refractivity (Wildman–Crippen MR) is 85.3 cm³/mol. The van der Waals surface area contributed by atoms with E-state index in [-0.39, 0.29) is 6.04 Å². The standard InChI is InChI=1S/C15H24Cl2N2/c1-4-10-18-14(9-11-19(3)5-2)12-7-6-8-13(16)15(12)17/h6-8,14,18H,4-5,9-11H2,1-3H3. The van der Waals surface area contributed by atoms with Gasteiger partial charge in [0, 0.05) is 6.04 Å². The van der Waals surface area contributed by atoms with Crippen molar-refractivity contribution < 1.29 is 0 Å². The van der Waals surface area contributed by atoms with Gasteiger partial charge in [-0.3, -0.25) is 0 Å². The second-order valence-corrected chi connectivity index (χ2v) is 5.62. The van der Waals surface area contributed by atoms with Gasteiger partial charge in [0.15, 0.2) is 0 Å². The maximum absolute atomic E-state index is 6.33. The van der Waals surface area contributed by atoms with Crippen molar-refractivity contribution in [2.75, 3.05) is 26.7 Å². The first-order valence-electron chi connectivity index (χ1n) is 6.96. The van der Waals surface area contributed by atoms with Gasteiger partial charge in [0.25, 0.3) is 0 Å². The molecule has 0 aromatic heterocycles. The van der Waals surface area contributed by atoms with Crippen LogP contribution in [0.15, 0.2) is 18.2 Å². The molecule has 1 rings (SSSR count). The fourth-order valence-electron chi connectivity index (χ4n) is 1.98. The van der Waals surface area contributed by atoms with Crippen molar-refractivity contribution in [2.24, 2.45) is 0 Å². The van der Waals surface area contributed by atoms with Crippen molar-refractivity contribution >= 4 is 23.2 Å². The first-order valence-corrected chi connectivity index (χ1v) is 7.71. The highest BCUT2D eigenvalue weighted by Gasteiger charge is 2.16. The second-order valence-electron chi connectivity index (χ2n) is 4.83. The van der Waals surface area contributed by atoms with Crippen molar-refractivity contribution in [3.8, 4) is 0 Å². The SMILES string of the molecule is CCCNC(CCN(C)CC)c1cccc(Cl)c1Cl. The highest BCUT2D eigenvalue weighted by molar-refractivity contribution is 6.42. The van der Waals surface area contributed by atoms with Crippen molar-refractivity contribution in [1.29, 1.82) is 0 Å². The summed E-state index contributed by atoms with van der Waals surface area (Å²) in [6.45, 7) is 7.43. The summed E-state index contributed by atoms with van der Waals surface area (Å²) < 4.78 is 0. The molecule has 1 N–H and O–H groups in total. The fourth-order valence-corrected chi connectivity index (χ4v) is 2.42. The fraction of sp³-hybridized carbons (Fsp3) is 0.600. The molecule has 1 aromatic carbocycles. The van der Waals surface area contributed by atoms with Gasteiger partial charge in [-0.1, -0.05) is 49.2 Å². The summed E-state index contributed by atoms with van der Waals surface area (Å²) in [5.74, 6) is 0. The first-order chi connectivity index (χ1) is 9.10. The van der Waals surface area contributed by atoms with E-state index in [1.807, 2.05) is 12.1 Å². The van der Waals surface area contributed by atoms with Crippen LogP contribution in [0.3, 0.4) is 0 Å². The number of rotatable bonds is 8. The van der Waals surface area contributed by atoms with E-state index in [1.54, 1.807) is 0 Å². The second kappa shape index (κ2) is 8.80. The van der Waals surface area contributed by atoms with E-state index in [4.69, 9.17) is 23.2 Å². The minimum Gasteiger partial charge on any atom is -0.310 e. The number of hydrogen-bond acceptors (Lipinski definition) is 2. The Balaban J connectivity index is 2.80. The Kier molecular flexibility index (Phi) is 7.77. The Labute approximate surface area is 127 Å². The molecule has 108 valence electrons. The quantitative estimate of drug-likeness (QED) is 0.767. The van der Waals surface area contributed by atoms with E-state index in [0.29, 0.717) is 10.0 Å². The summed E-state index contributed by atoms with van der Waals surface area (Å²) in [6, 6.07) is 6.13. The molecule has 0 aliphatic rings. The number of nitrogens with zero attached hydrogens (tertiary/aromatic N) is 1. The summed E-state index contributed by atoms with van der Waals surface area (Å²) >= 11 is 12.4. The van der Waals surface area contributed by atoms with E-state index in [0.717, 1.165) is 38.0 Å². The molecule has 1 atom stereocenters. The molecule has 1 unspecified atom stereocenters. The average molecular weight is 303 g/mol. The van der Waals surface area contributed by atoms with Crippen LogP contribution in [-0.2, 0) is 0 Å². The van der Waals surface area contributed by atoms with Gasteiger partial charge in [-0.2, -0.15) is 0 Å². The van der Waals surface area contributed by atoms with Crippen molar-refractivity contribution in [1.82, 2.24) is 10.2 Å². The molecule has 0 bridgehead atoms. The number of benzene rings is 1. The molecule has 0 aliphatic heterocycles. The largest absolute Gasteiger partial charge is 0.310 e. The van der Waals surface area contributed by atoms with Crippen LogP contribution >= 0.6 is 23.2 Å². The van der Waals surface area contributed by atoms with Crippen molar-refractivity contribution in [3.63, 3.8) is 0 Å². The minimum absolute atomic E-state index is 0.264. The molecular formula is C15H24Cl2N2. The number of nitrogens with one attached hydrogen (secondary N) is 1. The molecule has 0 radical (unpaired) electrons. The molecule has 19 heavy (non-hydrogen) atoms. The van der Waals surface area contributed by atoms with Gasteiger partial charge in [0.1, 0.15) is 0 Å². The Morgan fingerprint density at radius 1 is 1.26 bits per heavy atom. The maximum Gasteiger partial charge on any atom is 0.0640 e. The summed E-state index contributed by atoms with van der Waals surface area (Å²) in [5.41, 5.74) is 1.10. The monoisotopic (exact) mass is 302 g/mol. The first kappa shape index (κ1) is 16.8. The highest BCUT2D eigenvalue weighted by atomic mass is 35.5. The van der Waals surface area contributed by atoms with Crippen LogP contribution in [0.1, 0.15) is 38.3 Å². The normalized spacial score (nSPS) is 12.9. The highest BCUT2D eigenvalue weighted by Crippen LogP contribution is 2.31. The molecule has 0 amide bonds. The average Bonchev–Trinajstić information content (AvgIpc) is 2.42. The summed E-state index contributed by atoms with van der Waals surface area (Å²) in [4.78, 5) is 2.30. The lowest BCUT2D eigenvalue weighted by Crippen LogP contribution is -2.28. The molecule has 4 heteroatoms. The van der Waals surface area contributed by atoms with E-state index >= 15 is 0 Å². The van der Waals surface area contributed by atoms with Crippen molar-refractivity contribution in [3.05, 3.63) is 33.8 Å². The Morgan fingerprint density at radius 3 is 2.63 bits per heavy atom. The molecule has 0 saturated carbocycles. The molecule has 0 saturated heterocycles. The van der Waals surface area contributed by atoms with Crippen LogP contribution < -0.4 is 5.32 Å².